The molecule has 1 heterocycles. The normalized spacial score (nSPS) is 12.7. The Bertz CT molecular complexity index is 839. The Morgan fingerprint density at radius 1 is 1.29 bits per heavy atom. The first-order valence-corrected chi connectivity index (χ1v) is 7.96. The maximum atomic E-state index is 13.9. The van der Waals surface area contributed by atoms with Crippen molar-refractivity contribution in [2.24, 2.45) is 0 Å². The molecule has 0 saturated heterocycles. The molecule has 1 unspecified atom stereocenters. The molecule has 3 aromatic rings. The lowest BCUT2D eigenvalue weighted by Gasteiger charge is -2.18. The molecule has 1 atom stereocenters. The number of aromatic amines is 1. The van der Waals surface area contributed by atoms with Crippen LogP contribution in [0.15, 0.2) is 46.9 Å². The van der Waals surface area contributed by atoms with Gasteiger partial charge in [-0.05, 0) is 46.2 Å². The highest BCUT2D eigenvalue weighted by Crippen LogP contribution is 2.29. The lowest BCUT2D eigenvalue weighted by atomic mass is 10.0. The number of benzene rings is 2. The number of imidazole rings is 1. The van der Waals surface area contributed by atoms with Crippen LogP contribution in [0.3, 0.4) is 0 Å². The van der Waals surface area contributed by atoms with Gasteiger partial charge in [-0.1, -0.05) is 37.3 Å². The van der Waals surface area contributed by atoms with Crippen molar-refractivity contribution in [1.29, 1.82) is 0 Å². The number of nitrogens with zero attached hydrogens (tertiary/aromatic N) is 1. The molecule has 108 valence electrons. The van der Waals surface area contributed by atoms with Crippen LogP contribution in [0.2, 0.25) is 0 Å². The predicted molar refractivity (Wildman–Crippen MR) is 89.7 cm³/mol. The van der Waals surface area contributed by atoms with Crippen molar-refractivity contribution >= 4 is 39.2 Å². The van der Waals surface area contributed by atoms with Crippen molar-refractivity contribution in [3.8, 4) is 0 Å². The molecule has 0 aliphatic heterocycles. The van der Waals surface area contributed by atoms with E-state index in [1.54, 1.807) is 6.07 Å². The number of halogens is 2. The van der Waals surface area contributed by atoms with Crippen molar-refractivity contribution in [2.75, 3.05) is 0 Å². The van der Waals surface area contributed by atoms with Crippen molar-refractivity contribution in [3.63, 3.8) is 0 Å². The summed E-state index contributed by atoms with van der Waals surface area (Å²) in [4.78, 5) is 3.16. The minimum Gasteiger partial charge on any atom is -0.331 e. The molecule has 2 nitrogen and oxygen atoms in total. The van der Waals surface area contributed by atoms with Crippen LogP contribution in [0.4, 0.5) is 4.39 Å². The smallest absolute Gasteiger partial charge is 0.178 e. The summed E-state index contributed by atoms with van der Waals surface area (Å²) in [5, 5.41) is 0. The van der Waals surface area contributed by atoms with E-state index in [4.69, 9.17) is 12.2 Å². The molecule has 0 radical (unpaired) electrons. The summed E-state index contributed by atoms with van der Waals surface area (Å²) in [6.45, 7) is 2.10. The van der Waals surface area contributed by atoms with Crippen LogP contribution < -0.4 is 0 Å². The first-order valence-electron chi connectivity index (χ1n) is 6.76. The highest BCUT2D eigenvalue weighted by atomic mass is 79.9. The summed E-state index contributed by atoms with van der Waals surface area (Å²) in [6, 6.07) is 13.5. The molecular weight excluding hydrogens is 351 g/mol. The molecule has 0 aliphatic carbocycles. The van der Waals surface area contributed by atoms with E-state index in [2.05, 4.69) is 40.0 Å². The van der Waals surface area contributed by atoms with Gasteiger partial charge in [-0.25, -0.2) is 4.39 Å². The lowest BCUT2D eigenvalue weighted by molar-refractivity contribution is 0.572. The lowest BCUT2D eigenvalue weighted by Crippen LogP contribution is -2.09. The fourth-order valence-corrected chi connectivity index (χ4v) is 3.35. The van der Waals surface area contributed by atoms with Gasteiger partial charge in [-0.15, -0.1) is 0 Å². The highest BCUT2D eigenvalue weighted by Gasteiger charge is 2.17. The van der Waals surface area contributed by atoms with Crippen LogP contribution in [0.25, 0.3) is 11.0 Å². The maximum Gasteiger partial charge on any atom is 0.178 e. The number of hydrogen-bond donors (Lipinski definition) is 1. The standard InChI is InChI=1S/C16H14BrFN2S/c1-2-14(10-6-4-3-5-7-10)20-15-9-12(18)11(17)8-13(15)19-16(20)21/h3-9,14H,2H2,1H3,(H,19,21). The molecule has 0 aliphatic rings. The molecule has 0 fully saturated rings. The van der Waals surface area contributed by atoms with E-state index in [9.17, 15) is 4.39 Å². The quantitative estimate of drug-likeness (QED) is 0.599. The number of H-pyrrole nitrogens is 1. The average molecular weight is 365 g/mol. The topological polar surface area (TPSA) is 20.7 Å². The van der Waals surface area contributed by atoms with Crippen LogP contribution in [0.5, 0.6) is 0 Å². The van der Waals surface area contributed by atoms with Crippen molar-refractivity contribution < 1.29 is 4.39 Å². The Morgan fingerprint density at radius 2 is 2.00 bits per heavy atom. The van der Waals surface area contributed by atoms with E-state index in [-0.39, 0.29) is 11.9 Å². The zero-order valence-corrected chi connectivity index (χ0v) is 13.8. The third-order valence-electron chi connectivity index (χ3n) is 3.64. The number of nitrogens with one attached hydrogen (secondary N) is 1. The molecule has 2 aromatic carbocycles. The van der Waals surface area contributed by atoms with E-state index < -0.39 is 0 Å². The average Bonchev–Trinajstić information content (AvgIpc) is 2.78. The van der Waals surface area contributed by atoms with Gasteiger partial charge in [-0.3, -0.25) is 0 Å². The monoisotopic (exact) mass is 364 g/mol. The molecule has 5 heteroatoms. The summed E-state index contributed by atoms with van der Waals surface area (Å²) in [7, 11) is 0. The Hall–Kier alpha value is -1.46. The van der Waals surface area contributed by atoms with E-state index >= 15 is 0 Å². The molecule has 1 N–H and O–H groups in total. The Kier molecular flexibility index (Phi) is 3.95. The van der Waals surface area contributed by atoms with Gasteiger partial charge < -0.3 is 9.55 Å². The van der Waals surface area contributed by atoms with E-state index in [1.807, 2.05) is 22.8 Å². The molecule has 0 bridgehead atoms. The molecule has 1 aromatic heterocycles. The minimum absolute atomic E-state index is 0.0908. The first kappa shape index (κ1) is 14.5. The first-order chi connectivity index (χ1) is 10.1. The van der Waals surface area contributed by atoms with Crippen molar-refractivity contribution in [1.82, 2.24) is 9.55 Å². The van der Waals surface area contributed by atoms with E-state index in [0.717, 1.165) is 17.5 Å². The second-order valence-corrected chi connectivity index (χ2v) is 6.16. The van der Waals surface area contributed by atoms with Crippen molar-refractivity contribution in [3.05, 3.63) is 63.1 Å². The summed E-state index contributed by atoms with van der Waals surface area (Å²) >= 11 is 8.66. The van der Waals surface area contributed by atoms with Gasteiger partial charge >= 0.3 is 0 Å². The second-order valence-electron chi connectivity index (χ2n) is 4.92. The maximum absolute atomic E-state index is 13.9. The number of hydrogen-bond acceptors (Lipinski definition) is 1. The summed E-state index contributed by atoms with van der Waals surface area (Å²) < 4.78 is 16.9. The highest BCUT2D eigenvalue weighted by molar-refractivity contribution is 9.10. The third-order valence-corrected chi connectivity index (χ3v) is 4.55. The van der Waals surface area contributed by atoms with Gasteiger partial charge in [0.25, 0.3) is 0 Å². The van der Waals surface area contributed by atoms with Crippen LogP contribution in [0.1, 0.15) is 24.9 Å². The molecular formula is C16H14BrFN2S. The van der Waals surface area contributed by atoms with Crippen LogP contribution >= 0.6 is 28.1 Å². The van der Waals surface area contributed by atoms with Gasteiger partial charge in [0.2, 0.25) is 0 Å². The van der Waals surface area contributed by atoms with E-state index in [0.29, 0.717) is 9.24 Å². The molecule has 0 amide bonds. The summed E-state index contributed by atoms with van der Waals surface area (Å²) in [5.41, 5.74) is 2.79. The van der Waals surface area contributed by atoms with Gasteiger partial charge in [-0.2, -0.15) is 0 Å². The van der Waals surface area contributed by atoms with Crippen LogP contribution in [-0.4, -0.2) is 9.55 Å². The second kappa shape index (κ2) is 5.73. The number of rotatable bonds is 3. The Labute approximate surface area is 135 Å². The molecule has 21 heavy (non-hydrogen) atoms. The fraction of sp³-hybridized carbons (Fsp3) is 0.188. The fourth-order valence-electron chi connectivity index (χ4n) is 2.67. The third kappa shape index (κ3) is 2.56. The Balaban J connectivity index is 2.26. The summed E-state index contributed by atoms with van der Waals surface area (Å²) in [6.07, 6.45) is 0.878. The zero-order valence-electron chi connectivity index (χ0n) is 11.4. The molecule has 0 saturated carbocycles. The van der Waals surface area contributed by atoms with Gasteiger partial charge in [0, 0.05) is 6.07 Å². The van der Waals surface area contributed by atoms with Gasteiger partial charge in [0.05, 0.1) is 21.5 Å². The zero-order chi connectivity index (χ0) is 15.0. The predicted octanol–water partition coefficient (Wildman–Crippen LogP) is 5.60. The summed E-state index contributed by atoms with van der Waals surface area (Å²) in [5.74, 6) is -0.284. The van der Waals surface area contributed by atoms with Gasteiger partial charge in [0.15, 0.2) is 4.77 Å². The number of aromatic nitrogens is 2. The van der Waals surface area contributed by atoms with Gasteiger partial charge in [0.1, 0.15) is 5.82 Å². The van der Waals surface area contributed by atoms with Crippen LogP contribution in [0, 0.1) is 10.6 Å². The SMILES string of the molecule is CCC(c1ccccc1)n1c(=S)[nH]c2cc(Br)c(F)cc21. The number of fused-ring (bicyclic) bond motifs is 1. The molecule has 3 rings (SSSR count). The largest absolute Gasteiger partial charge is 0.331 e. The molecule has 0 spiro atoms. The van der Waals surface area contributed by atoms with Crippen molar-refractivity contribution in [2.45, 2.75) is 19.4 Å². The van der Waals surface area contributed by atoms with Crippen LogP contribution in [-0.2, 0) is 0 Å². The minimum atomic E-state index is -0.284. The Morgan fingerprint density at radius 3 is 2.67 bits per heavy atom. The van der Waals surface area contributed by atoms with E-state index in [1.165, 1.54) is 11.6 Å².